The number of nitrogens with two attached hydrogens (primary N) is 1. The van der Waals surface area contributed by atoms with Gasteiger partial charge >= 0.3 is 6.61 Å². The van der Waals surface area contributed by atoms with Crippen LogP contribution in [0, 0.1) is 0 Å². The molecule has 0 amide bonds. The second kappa shape index (κ2) is 7.44. The van der Waals surface area contributed by atoms with E-state index in [1.807, 2.05) is 22.7 Å². The number of ether oxygens (including phenoxy) is 1. The second-order valence-electron chi connectivity index (χ2n) is 7.22. The Morgan fingerprint density at radius 2 is 1.94 bits per heavy atom. The fourth-order valence-corrected chi connectivity index (χ4v) is 4.23. The lowest BCUT2D eigenvalue weighted by atomic mass is 9.95. The summed E-state index contributed by atoms with van der Waals surface area (Å²) in [5.74, 6) is -0.253. The molecule has 0 saturated heterocycles. The highest BCUT2D eigenvalue weighted by Gasteiger charge is 2.37. The molecule has 2 atom stereocenters. The molecule has 2 unspecified atom stereocenters. The summed E-state index contributed by atoms with van der Waals surface area (Å²) in [6.07, 6.45) is 4.49. The van der Waals surface area contributed by atoms with Crippen LogP contribution in [0.2, 0.25) is 5.02 Å². The molecule has 1 aliphatic carbocycles. The summed E-state index contributed by atoms with van der Waals surface area (Å²) in [7, 11) is 0. The van der Waals surface area contributed by atoms with E-state index in [0.29, 0.717) is 27.6 Å². The molecule has 4 aromatic rings. The first kappa shape index (κ1) is 19.7. The molecular formula is C21H16ClF2N5O2. The molecule has 1 aromatic carbocycles. The van der Waals surface area contributed by atoms with E-state index in [9.17, 15) is 13.9 Å². The zero-order valence-corrected chi connectivity index (χ0v) is 16.7. The molecule has 0 fully saturated rings. The first-order valence-electron chi connectivity index (χ1n) is 9.43. The van der Waals surface area contributed by atoms with Crippen LogP contribution in [-0.2, 0) is 0 Å². The van der Waals surface area contributed by atoms with Gasteiger partial charge in [-0.2, -0.15) is 8.78 Å². The standard InChI is InChI=1S/C21H16ClF2N5O2/c22-12-2-3-16(31-20(23)24)13(5-12)14-6-15(30)18-19(14)29-9-10(1-4-17(29)28-18)11-7-26-21(25)27-8-11/h1-5,7-9,14-15,20,30H,6H2,(H2,25,26,27). The summed E-state index contributed by atoms with van der Waals surface area (Å²) in [5, 5.41) is 11.0. The van der Waals surface area contributed by atoms with Crippen LogP contribution in [0.3, 0.4) is 0 Å². The zero-order chi connectivity index (χ0) is 21.7. The number of benzene rings is 1. The normalized spacial score (nSPS) is 18.0. The summed E-state index contributed by atoms with van der Waals surface area (Å²) in [6.45, 7) is -2.98. The van der Waals surface area contributed by atoms with Crippen molar-refractivity contribution in [3.63, 3.8) is 0 Å². The van der Waals surface area contributed by atoms with Crippen LogP contribution >= 0.6 is 11.6 Å². The molecule has 3 aromatic heterocycles. The second-order valence-corrected chi connectivity index (χ2v) is 7.66. The smallest absolute Gasteiger partial charge is 0.387 e. The lowest BCUT2D eigenvalue weighted by molar-refractivity contribution is -0.0505. The number of pyridine rings is 1. The lowest BCUT2D eigenvalue weighted by Gasteiger charge is -2.18. The number of hydrogen-bond donors (Lipinski definition) is 2. The van der Waals surface area contributed by atoms with Crippen molar-refractivity contribution in [1.82, 2.24) is 19.4 Å². The third kappa shape index (κ3) is 3.45. The highest BCUT2D eigenvalue weighted by Crippen LogP contribution is 2.47. The van der Waals surface area contributed by atoms with Gasteiger partial charge in [-0.25, -0.2) is 15.0 Å². The molecule has 10 heteroatoms. The Bertz CT molecular complexity index is 1280. The van der Waals surface area contributed by atoms with E-state index >= 15 is 0 Å². The average molecular weight is 444 g/mol. The molecule has 0 spiro atoms. The van der Waals surface area contributed by atoms with Gasteiger partial charge in [-0.05, 0) is 36.8 Å². The van der Waals surface area contributed by atoms with Crippen molar-refractivity contribution in [1.29, 1.82) is 0 Å². The maximum absolute atomic E-state index is 13.0. The van der Waals surface area contributed by atoms with E-state index in [-0.39, 0.29) is 18.1 Å². The highest BCUT2D eigenvalue weighted by molar-refractivity contribution is 6.30. The van der Waals surface area contributed by atoms with Crippen molar-refractivity contribution in [2.45, 2.75) is 25.1 Å². The number of imidazole rings is 1. The topological polar surface area (TPSA) is 98.6 Å². The van der Waals surface area contributed by atoms with Crippen molar-refractivity contribution in [2.75, 3.05) is 5.73 Å². The third-order valence-corrected chi connectivity index (χ3v) is 5.59. The van der Waals surface area contributed by atoms with Crippen LogP contribution in [0.15, 0.2) is 48.9 Å². The SMILES string of the molecule is Nc1ncc(-c2ccc3nc4c(n3c2)C(c2cc(Cl)ccc2OC(F)F)CC4O)cn1. The zero-order valence-electron chi connectivity index (χ0n) is 15.9. The van der Waals surface area contributed by atoms with Gasteiger partial charge in [-0.15, -0.1) is 0 Å². The van der Waals surface area contributed by atoms with E-state index in [1.54, 1.807) is 18.5 Å². The number of anilines is 1. The molecular weight excluding hydrogens is 428 g/mol. The fraction of sp³-hybridized carbons (Fsp3) is 0.190. The molecule has 0 saturated carbocycles. The molecule has 3 heterocycles. The molecule has 1 aliphatic rings. The highest BCUT2D eigenvalue weighted by atomic mass is 35.5. The number of aromatic nitrogens is 4. The molecule has 0 radical (unpaired) electrons. The number of halogens is 3. The predicted octanol–water partition coefficient (Wildman–Crippen LogP) is 4.20. The minimum absolute atomic E-state index is 0.0162. The summed E-state index contributed by atoms with van der Waals surface area (Å²) in [6, 6.07) is 8.15. The van der Waals surface area contributed by atoms with Crippen molar-refractivity contribution in [2.24, 2.45) is 0 Å². The molecule has 31 heavy (non-hydrogen) atoms. The largest absolute Gasteiger partial charge is 0.435 e. The summed E-state index contributed by atoms with van der Waals surface area (Å²) < 4.78 is 32.5. The summed E-state index contributed by atoms with van der Waals surface area (Å²) in [5.41, 5.74) is 9.41. The Kier molecular flexibility index (Phi) is 4.71. The van der Waals surface area contributed by atoms with Gasteiger partial charge in [-0.1, -0.05) is 11.6 Å². The molecule has 0 aliphatic heterocycles. The molecule has 7 nitrogen and oxygen atoms in total. The van der Waals surface area contributed by atoms with Crippen LogP contribution in [-0.4, -0.2) is 31.1 Å². The number of aliphatic hydroxyl groups is 1. The molecule has 3 N–H and O–H groups in total. The molecule has 158 valence electrons. The van der Waals surface area contributed by atoms with Crippen LogP contribution in [0.4, 0.5) is 14.7 Å². The Morgan fingerprint density at radius 3 is 2.68 bits per heavy atom. The minimum Gasteiger partial charge on any atom is -0.435 e. The molecule has 5 rings (SSSR count). The first-order valence-corrected chi connectivity index (χ1v) is 9.80. The summed E-state index contributed by atoms with van der Waals surface area (Å²) >= 11 is 6.15. The van der Waals surface area contributed by atoms with Gasteiger partial charge in [0, 0.05) is 46.2 Å². The van der Waals surface area contributed by atoms with Crippen LogP contribution in [0.25, 0.3) is 16.8 Å². The third-order valence-electron chi connectivity index (χ3n) is 5.36. The number of nitrogens with zero attached hydrogens (tertiary/aromatic N) is 4. The van der Waals surface area contributed by atoms with E-state index < -0.39 is 18.6 Å². The van der Waals surface area contributed by atoms with E-state index in [2.05, 4.69) is 15.0 Å². The number of hydrogen-bond acceptors (Lipinski definition) is 6. The van der Waals surface area contributed by atoms with Gasteiger partial charge < -0.3 is 20.0 Å². The van der Waals surface area contributed by atoms with Gasteiger partial charge in [0.2, 0.25) is 5.95 Å². The van der Waals surface area contributed by atoms with Gasteiger partial charge in [0.1, 0.15) is 11.4 Å². The Hall–Kier alpha value is -3.30. The van der Waals surface area contributed by atoms with Crippen LogP contribution in [0.5, 0.6) is 5.75 Å². The lowest BCUT2D eigenvalue weighted by Crippen LogP contribution is -2.08. The number of nitrogen functional groups attached to an aromatic ring is 1. The van der Waals surface area contributed by atoms with Gasteiger partial charge in [0.25, 0.3) is 0 Å². The van der Waals surface area contributed by atoms with E-state index in [0.717, 1.165) is 11.1 Å². The van der Waals surface area contributed by atoms with Gasteiger partial charge in [-0.3, -0.25) is 0 Å². The maximum atomic E-state index is 13.0. The Balaban J connectivity index is 1.67. The van der Waals surface area contributed by atoms with Crippen LogP contribution in [0.1, 0.15) is 35.4 Å². The van der Waals surface area contributed by atoms with Crippen molar-refractivity contribution >= 4 is 23.2 Å². The number of alkyl halides is 2. The number of fused-ring (bicyclic) bond motifs is 3. The fourth-order valence-electron chi connectivity index (χ4n) is 4.05. The number of rotatable bonds is 4. The molecule has 0 bridgehead atoms. The predicted molar refractivity (Wildman–Crippen MR) is 110 cm³/mol. The quantitative estimate of drug-likeness (QED) is 0.490. The minimum atomic E-state index is -2.98. The average Bonchev–Trinajstić information content (AvgIpc) is 3.27. The summed E-state index contributed by atoms with van der Waals surface area (Å²) in [4.78, 5) is 12.6. The van der Waals surface area contributed by atoms with Crippen molar-refractivity contribution in [3.8, 4) is 16.9 Å². The van der Waals surface area contributed by atoms with Gasteiger partial charge in [0.15, 0.2) is 0 Å². The van der Waals surface area contributed by atoms with E-state index in [1.165, 1.54) is 12.1 Å². The maximum Gasteiger partial charge on any atom is 0.387 e. The Morgan fingerprint density at radius 1 is 1.16 bits per heavy atom. The number of aliphatic hydroxyl groups excluding tert-OH is 1. The first-order chi connectivity index (χ1) is 14.9. The van der Waals surface area contributed by atoms with E-state index in [4.69, 9.17) is 22.1 Å². The van der Waals surface area contributed by atoms with Crippen molar-refractivity contribution < 1.29 is 18.6 Å². The monoisotopic (exact) mass is 443 g/mol. The van der Waals surface area contributed by atoms with Crippen LogP contribution < -0.4 is 10.5 Å². The Labute approximate surface area is 180 Å². The van der Waals surface area contributed by atoms with Crippen molar-refractivity contribution in [3.05, 3.63) is 70.9 Å². The van der Waals surface area contributed by atoms with Gasteiger partial charge in [0.05, 0.1) is 17.5 Å².